The van der Waals surface area contributed by atoms with Gasteiger partial charge in [-0.3, -0.25) is 4.90 Å². The van der Waals surface area contributed by atoms with Crippen molar-refractivity contribution in [1.29, 1.82) is 0 Å². The summed E-state index contributed by atoms with van der Waals surface area (Å²) in [4.78, 5) is 14.0. The van der Waals surface area contributed by atoms with Crippen LogP contribution in [0.3, 0.4) is 0 Å². The summed E-state index contributed by atoms with van der Waals surface area (Å²) in [6, 6.07) is 0. The standard InChI is InChI=1S/C15H21NO3/c1-18-14-8-7-12(15(17)19-2)5-6-13(14)11-16-9-3-4-10-16/h5-7H,3-4,8-11H2,1-2H3. The SMILES string of the molecule is COC(=O)C1=CCC(OC)=C(CN2CCCC2)C=C1. The Hall–Kier alpha value is -1.55. The Balaban J connectivity index is 2.11. The van der Waals surface area contributed by atoms with Gasteiger partial charge in [0.2, 0.25) is 0 Å². The van der Waals surface area contributed by atoms with Crippen molar-refractivity contribution in [1.82, 2.24) is 4.90 Å². The van der Waals surface area contributed by atoms with Gasteiger partial charge in [-0.15, -0.1) is 0 Å². The molecule has 4 nitrogen and oxygen atoms in total. The summed E-state index contributed by atoms with van der Waals surface area (Å²) < 4.78 is 10.2. The quantitative estimate of drug-likeness (QED) is 0.728. The van der Waals surface area contributed by atoms with Gasteiger partial charge in [0, 0.05) is 18.5 Å². The van der Waals surface area contributed by atoms with E-state index in [-0.39, 0.29) is 5.97 Å². The number of esters is 1. The van der Waals surface area contributed by atoms with Crippen LogP contribution in [0.25, 0.3) is 0 Å². The molecule has 0 amide bonds. The molecule has 0 radical (unpaired) electrons. The summed E-state index contributed by atoms with van der Waals surface area (Å²) in [5.41, 5.74) is 1.74. The predicted molar refractivity (Wildman–Crippen MR) is 73.6 cm³/mol. The van der Waals surface area contributed by atoms with Crippen LogP contribution in [0.5, 0.6) is 0 Å². The van der Waals surface area contributed by atoms with Crippen LogP contribution in [0, 0.1) is 0 Å². The Morgan fingerprint density at radius 1 is 1.26 bits per heavy atom. The first-order valence-electron chi connectivity index (χ1n) is 6.69. The van der Waals surface area contributed by atoms with E-state index in [0.29, 0.717) is 12.0 Å². The molecule has 2 aliphatic rings. The second-order valence-corrected chi connectivity index (χ2v) is 4.82. The van der Waals surface area contributed by atoms with Gasteiger partial charge in [0.25, 0.3) is 0 Å². The highest BCUT2D eigenvalue weighted by molar-refractivity contribution is 5.91. The summed E-state index contributed by atoms with van der Waals surface area (Å²) in [6.45, 7) is 3.18. The van der Waals surface area contributed by atoms with Crippen molar-refractivity contribution in [3.05, 3.63) is 35.1 Å². The van der Waals surface area contributed by atoms with Crippen molar-refractivity contribution in [2.45, 2.75) is 19.3 Å². The molecule has 0 aromatic heterocycles. The van der Waals surface area contributed by atoms with E-state index in [1.807, 2.05) is 18.2 Å². The van der Waals surface area contributed by atoms with E-state index in [2.05, 4.69) is 4.90 Å². The van der Waals surface area contributed by atoms with Gasteiger partial charge in [-0.1, -0.05) is 12.2 Å². The summed E-state index contributed by atoms with van der Waals surface area (Å²) in [7, 11) is 3.09. The van der Waals surface area contributed by atoms with Crippen molar-refractivity contribution >= 4 is 5.97 Å². The molecule has 0 bridgehead atoms. The zero-order valence-electron chi connectivity index (χ0n) is 11.6. The van der Waals surface area contributed by atoms with E-state index in [9.17, 15) is 4.79 Å². The van der Waals surface area contributed by atoms with Crippen molar-refractivity contribution in [3.63, 3.8) is 0 Å². The number of carbonyl (C=O) groups is 1. The fourth-order valence-electron chi connectivity index (χ4n) is 2.49. The average Bonchev–Trinajstić information content (AvgIpc) is 2.85. The molecule has 0 saturated carbocycles. The number of likely N-dealkylation sites (tertiary alicyclic amines) is 1. The second kappa shape index (κ2) is 6.57. The minimum absolute atomic E-state index is 0.297. The lowest BCUT2D eigenvalue weighted by Gasteiger charge is -2.17. The van der Waals surface area contributed by atoms with E-state index < -0.39 is 0 Å². The molecule has 2 rings (SSSR count). The van der Waals surface area contributed by atoms with E-state index in [4.69, 9.17) is 9.47 Å². The third kappa shape index (κ3) is 3.47. The molecule has 0 unspecified atom stereocenters. The Bertz CT molecular complexity index is 429. The number of rotatable bonds is 4. The van der Waals surface area contributed by atoms with Crippen LogP contribution in [0.4, 0.5) is 0 Å². The van der Waals surface area contributed by atoms with Gasteiger partial charge in [0.05, 0.1) is 19.8 Å². The fourth-order valence-corrected chi connectivity index (χ4v) is 2.49. The maximum absolute atomic E-state index is 11.6. The Labute approximate surface area is 114 Å². The fraction of sp³-hybridized carbons (Fsp3) is 0.533. The molecule has 1 fully saturated rings. The van der Waals surface area contributed by atoms with Crippen LogP contribution in [0.1, 0.15) is 19.3 Å². The van der Waals surface area contributed by atoms with E-state index in [1.54, 1.807) is 7.11 Å². The van der Waals surface area contributed by atoms with Gasteiger partial charge in [0.1, 0.15) is 5.76 Å². The number of carbonyl (C=O) groups excluding carboxylic acids is 1. The summed E-state index contributed by atoms with van der Waals surface area (Å²) >= 11 is 0. The van der Waals surface area contributed by atoms with E-state index in [0.717, 1.165) is 31.0 Å². The van der Waals surface area contributed by atoms with Gasteiger partial charge < -0.3 is 9.47 Å². The molecule has 4 heteroatoms. The number of allylic oxidation sites excluding steroid dienone is 1. The Kier molecular flexibility index (Phi) is 4.80. The second-order valence-electron chi connectivity index (χ2n) is 4.82. The van der Waals surface area contributed by atoms with Crippen molar-refractivity contribution in [2.75, 3.05) is 33.9 Å². The lowest BCUT2D eigenvalue weighted by molar-refractivity contribution is -0.135. The molecule has 1 aliphatic carbocycles. The molecule has 0 spiro atoms. The minimum Gasteiger partial charge on any atom is -0.500 e. The first kappa shape index (κ1) is 13.9. The highest BCUT2D eigenvalue weighted by Crippen LogP contribution is 2.21. The van der Waals surface area contributed by atoms with Gasteiger partial charge in [-0.2, -0.15) is 0 Å². The smallest absolute Gasteiger partial charge is 0.337 e. The monoisotopic (exact) mass is 263 g/mol. The highest BCUT2D eigenvalue weighted by atomic mass is 16.5. The Morgan fingerprint density at radius 2 is 2.00 bits per heavy atom. The molecule has 1 aliphatic heterocycles. The molecule has 0 atom stereocenters. The Morgan fingerprint density at radius 3 is 2.63 bits per heavy atom. The highest BCUT2D eigenvalue weighted by Gasteiger charge is 2.17. The van der Waals surface area contributed by atoms with Crippen molar-refractivity contribution in [2.24, 2.45) is 0 Å². The summed E-state index contributed by atoms with van der Waals surface area (Å²) in [6.07, 6.45) is 8.83. The number of ether oxygens (including phenoxy) is 2. The minimum atomic E-state index is -0.297. The van der Waals surface area contributed by atoms with Crippen molar-refractivity contribution < 1.29 is 14.3 Å². The maximum atomic E-state index is 11.6. The third-order valence-electron chi connectivity index (χ3n) is 3.59. The van der Waals surface area contributed by atoms with Crippen molar-refractivity contribution in [3.8, 4) is 0 Å². The van der Waals surface area contributed by atoms with Crippen LogP contribution in [-0.2, 0) is 14.3 Å². The third-order valence-corrected chi connectivity index (χ3v) is 3.59. The lowest BCUT2D eigenvalue weighted by Crippen LogP contribution is -2.22. The van der Waals surface area contributed by atoms with Crippen LogP contribution < -0.4 is 0 Å². The molecular formula is C15H21NO3. The first-order valence-corrected chi connectivity index (χ1v) is 6.69. The van der Waals surface area contributed by atoms with Crippen LogP contribution in [0.15, 0.2) is 35.1 Å². The molecule has 1 heterocycles. The van der Waals surface area contributed by atoms with Crippen LogP contribution in [-0.4, -0.2) is 44.7 Å². The zero-order valence-corrected chi connectivity index (χ0v) is 11.6. The number of methoxy groups -OCH3 is 2. The topological polar surface area (TPSA) is 38.8 Å². The van der Waals surface area contributed by atoms with Gasteiger partial charge in [-0.05, 0) is 32.0 Å². The maximum Gasteiger partial charge on any atom is 0.337 e. The molecule has 19 heavy (non-hydrogen) atoms. The number of hydrogen-bond acceptors (Lipinski definition) is 4. The predicted octanol–water partition coefficient (Wildman–Crippen LogP) is 2.04. The molecule has 0 aromatic rings. The summed E-state index contributed by atoms with van der Waals surface area (Å²) in [5.74, 6) is 0.635. The van der Waals surface area contributed by atoms with Crippen LogP contribution >= 0.6 is 0 Å². The van der Waals surface area contributed by atoms with Gasteiger partial charge >= 0.3 is 5.97 Å². The molecule has 1 saturated heterocycles. The summed E-state index contributed by atoms with van der Waals surface area (Å²) in [5, 5.41) is 0. The number of hydrogen-bond donors (Lipinski definition) is 0. The van der Waals surface area contributed by atoms with E-state index in [1.165, 1.54) is 20.0 Å². The largest absolute Gasteiger partial charge is 0.500 e. The lowest BCUT2D eigenvalue weighted by atomic mass is 10.2. The van der Waals surface area contributed by atoms with Gasteiger partial charge in [-0.25, -0.2) is 4.79 Å². The first-order chi connectivity index (χ1) is 9.24. The molecular weight excluding hydrogens is 242 g/mol. The van der Waals surface area contributed by atoms with Gasteiger partial charge in [0.15, 0.2) is 0 Å². The molecule has 104 valence electrons. The molecule has 0 N–H and O–H groups in total. The number of nitrogens with zero attached hydrogens (tertiary/aromatic N) is 1. The average molecular weight is 263 g/mol. The molecule has 0 aromatic carbocycles. The normalized spacial score (nSPS) is 20.2. The zero-order chi connectivity index (χ0) is 13.7. The van der Waals surface area contributed by atoms with E-state index >= 15 is 0 Å². The van der Waals surface area contributed by atoms with Crippen LogP contribution in [0.2, 0.25) is 0 Å².